The first kappa shape index (κ1) is 13.8. The largest absolute Gasteiger partial charge is 0.386 e. The SMILES string of the molecule is CCCC1(O)CN(C(=O)c2cc(-c3ccccc3)on2)C1. The maximum absolute atomic E-state index is 12.3. The lowest BCUT2D eigenvalue weighted by molar-refractivity contribution is -0.0862. The van der Waals surface area contributed by atoms with E-state index < -0.39 is 5.60 Å². The average Bonchev–Trinajstić information content (AvgIpc) is 2.95. The van der Waals surface area contributed by atoms with Crippen LogP contribution in [0.3, 0.4) is 0 Å². The average molecular weight is 286 g/mol. The zero-order valence-corrected chi connectivity index (χ0v) is 12.0. The second-order valence-electron chi connectivity index (χ2n) is 5.58. The molecule has 5 nitrogen and oxygen atoms in total. The Labute approximate surface area is 123 Å². The van der Waals surface area contributed by atoms with Crippen LogP contribution in [-0.4, -0.2) is 39.8 Å². The molecule has 0 atom stereocenters. The Morgan fingerprint density at radius 3 is 2.76 bits per heavy atom. The van der Waals surface area contributed by atoms with E-state index in [0.717, 1.165) is 12.0 Å². The highest BCUT2D eigenvalue weighted by Gasteiger charge is 2.43. The highest BCUT2D eigenvalue weighted by Crippen LogP contribution is 2.28. The standard InChI is InChI=1S/C16H18N2O3/c1-2-8-16(20)10-18(11-16)15(19)13-9-14(21-17-13)12-6-4-3-5-7-12/h3-7,9,20H,2,8,10-11H2,1H3. The van der Waals surface area contributed by atoms with Gasteiger partial charge in [0, 0.05) is 11.6 Å². The molecule has 1 N–H and O–H groups in total. The Balaban J connectivity index is 1.69. The number of likely N-dealkylation sites (tertiary alicyclic amines) is 1. The molecule has 0 radical (unpaired) electrons. The van der Waals surface area contributed by atoms with Gasteiger partial charge in [0.2, 0.25) is 0 Å². The first-order valence-electron chi connectivity index (χ1n) is 7.15. The lowest BCUT2D eigenvalue weighted by Crippen LogP contribution is -2.63. The lowest BCUT2D eigenvalue weighted by atomic mass is 9.89. The van der Waals surface area contributed by atoms with Gasteiger partial charge in [0.05, 0.1) is 18.7 Å². The Morgan fingerprint density at radius 1 is 1.38 bits per heavy atom. The number of amides is 1. The summed E-state index contributed by atoms with van der Waals surface area (Å²) in [6, 6.07) is 11.2. The Kier molecular flexibility index (Phi) is 3.51. The molecule has 1 fully saturated rings. The van der Waals surface area contributed by atoms with Crippen molar-refractivity contribution in [2.24, 2.45) is 0 Å². The van der Waals surface area contributed by atoms with Crippen LogP contribution in [0, 0.1) is 0 Å². The van der Waals surface area contributed by atoms with Crippen molar-refractivity contribution >= 4 is 5.91 Å². The summed E-state index contributed by atoms with van der Waals surface area (Å²) in [5.74, 6) is 0.380. The molecule has 0 spiro atoms. The van der Waals surface area contributed by atoms with Crippen molar-refractivity contribution in [3.05, 3.63) is 42.1 Å². The van der Waals surface area contributed by atoms with Gasteiger partial charge in [0.1, 0.15) is 0 Å². The third-order valence-corrected chi connectivity index (χ3v) is 3.76. The third-order valence-electron chi connectivity index (χ3n) is 3.76. The van der Waals surface area contributed by atoms with Crippen molar-refractivity contribution in [3.63, 3.8) is 0 Å². The monoisotopic (exact) mass is 286 g/mol. The minimum absolute atomic E-state index is 0.193. The minimum Gasteiger partial charge on any atom is -0.386 e. The number of carbonyl (C=O) groups excluding carboxylic acids is 1. The van der Waals surface area contributed by atoms with E-state index in [1.807, 2.05) is 37.3 Å². The second kappa shape index (κ2) is 5.33. The Morgan fingerprint density at radius 2 is 2.10 bits per heavy atom. The molecule has 0 bridgehead atoms. The molecule has 1 amide bonds. The fourth-order valence-electron chi connectivity index (χ4n) is 2.71. The molecule has 1 aromatic carbocycles. The van der Waals surface area contributed by atoms with Gasteiger partial charge >= 0.3 is 0 Å². The van der Waals surface area contributed by atoms with E-state index in [2.05, 4.69) is 5.16 Å². The molecule has 0 saturated carbocycles. The summed E-state index contributed by atoms with van der Waals surface area (Å²) in [7, 11) is 0. The molecule has 2 aromatic rings. The van der Waals surface area contributed by atoms with Crippen LogP contribution in [0.5, 0.6) is 0 Å². The molecular weight excluding hydrogens is 268 g/mol. The smallest absolute Gasteiger partial charge is 0.276 e. The number of rotatable bonds is 4. The second-order valence-corrected chi connectivity index (χ2v) is 5.58. The first-order valence-corrected chi connectivity index (χ1v) is 7.15. The van der Waals surface area contributed by atoms with E-state index in [4.69, 9.17) is 4.52 Å². The van der Waals surface area contributed by atoms with Crippen molar-refractivity contribution in [1.82, 2.24) is 10.1 Å². The fourth-order valence-corrected chi connectivity index (χ4v) is 2.71. The van der Waals surface area contributed by atoms with Crippen LogP contribution in [0.15, 0.2) is 40.9 Å². The fraction of sp³-hybridized carbons (Fsp3) is 0.375. The van der Waals surface area contributed by atoms with Gasteiger partial charge in [-0.2, -0.15) is 0 Å². The van der Waals surface area contributed by atoms with E-state index in [1.165, 1.54) is 0 Å². The molecule has 0 unspecified atom stereocenters. The molecule has 1 aromatic heterocycles. The van der Waals surface area contributed by atoms with E-state index >= 15 is 0 Å². The zero-order chi connectivity index (χ0) is 14.9. The van der Waals surface area contributed by atoms with Gasteiger partial charge in [-0.25, -0.2) is 0 Å². The van der Waals surface area contributed by atoms with Crippen LogP contribution in [0.25, 0.3) is 11.3 Å². The highest BCUT2D eigenvalue weighted by atomic mass is 16.5. The van der Waals surface area contributed by atoms with Crippen LogP contribution in [0.1, 0.15) is 30.3 Å². The number of carbonyl (C=O) groups is 1. The molecule has 1 saturated heterocycles. The Hall–Kier alpha value is -2.14. The number of hydrogen-bond donors (Lipinski definition) is 1. The molecule has 2 heterocycles. The van der Waals surface area contributed by atoms with Crippen LogP contribution >= 0.6 is 0 Å². The van der Waals surface area contributed by atoms with Crippen LogP contribution in [-0.2, 0) is 0 Å². The number of aromatic nitrogens is 1. The summed E-state index contributed by atoms with van der Waals surface area (Å²) in [6.45, 7) is 2.76. The summed E-state index contributed by atoms with van der Waals surface area (Å²) in [5, 5.41) is 14.0. The van der Waals surface area contributed by atoms with Crippen molar-refractivity contribution in [1.29, 1.82) is 0 Å². The van der Waals surface area contributed by atoms with Gasteiger partial charge in [-0.1, -0.05) is 48.8 Å². The maximum atomic E-state index is 12.3. The van der Waals surface area contributed by atoms with Crippen LogP contribution < -0.4 is 0 Å². The predicted molar refractivity (Wildman–Crippen MR) is 77.7 cm³/mol. The van der Waals surface area contributed by atoms with Crippen molar-refractivity contribution in [2.75, 3.05) is 13.1 Å². The van der Waals surface area contributed by atoms with Gasteiger partial charge < -0.3 is 14.5 Å². The molecular formula is C16H18N2O3. The van der Waals surface area contributed by atoms with E-state index in [-0.39, 0.29) is 11.6 Å². The van der Waals surface area contributed by atoms with Gasteiger partial charge in [0.15, 0.2) is 11.5 Å². The summed E-state index contributed by atoms with van der Waals surface area (Å²) >= 11 is 0. The first-order chi connectivity index (χ1) is 10.1. The number of nitrogens with zero attached hydrogens (tertiary/aromatic N) is 2. The molecule has 110 valence electrons. The Bertz CT molecular complexity index is 630. The summed E-state index contributed by atoms with van der Waals surface area (Å²) in [6.07, 6.45) is 1.62. The van der Waals surface area contributed by atoms with E-state index in [9.17, 15) is 9.90 Å². The molecule has 21 heavy (non-hydrogen) atoms. The molecule has 1 aliphatic rings. The number of benzene rings is 1. The lowest BCUT2D eigenvalue weighted by Gasteiger charge is -2.46. The van der Waals surface area contributed by atoms with Gasteiger partial charge in [0.25, 0.3) is 5.91 Å². The third kappa shape index (κ3) is 2.69. The quantitative estimate of drug-likeness (QED) is 0.936. The minimum atomic E-state index is -0.726. The van der Waals surface area contributed by atoms with Crippen LogP contribution in [0.2, 0.25) is 0 Å². The molecule has 0 aliphatic carbocycles. The normalized spacial score (nSPS) is 16.6. The number of aliphatic hydroxyl groups is 1. The predicted octanol–water partition coefficient (Wildman–Crippen LogP) is 2.33. The molecule has 1 aliphatic heterocycles. The van der Waals surface area contributed by atoms with Crippen molar-refractivity contribution in [3.8, 4) is 11.3 Å². The van der Waals surface area contributed by atoms with Gasteiger partial charge in [-0.05, 0) is 6.42 Å². The zero-order valence-electron chi connectivity index (χ0n) is 12.0. The molecule has 3 rings (SSSR count). The number of hydrogen-bond acceptors (Lipinski definition) is 4. The summed E-state index contributed by atoms with van der Waals surface area (Å²) < 4.78 is 5.23. The van der Waals surface area contributed by atoms with Crippen molar-refractivity contribution in [2.45, 2.75) is 25.4 Å². The number of β-amino-alcohol motifs (C(OH)–C–C–N with tert-alkyl or cyclic N) is 1. The highest BCUT2D eigenvalue weighted by molar-refractivity contribution is 5.93. The van der Waals surface area contributed by atoms with E-state index in [0.29, 0.717) is 25.3 Å². The topological polar surface area (TPSA) is 66.6 Å². The maximum Gasteiger partial charge on any atom is 0.276 e. The van der Waals surface area contributed by atoms with Gasteiger partial charge in [-0.3, -0.25) is 4.79 Å². The summed E-state index contributed by atoms with van der Waals surface area (Å²) in [5.41, 5.74) is 0.443. The van der Waals surface area contributed by atoms with Crippen molar-refractivity contribution < 1.29 is 14.4 Å². The van der Waals surface area contributed by atoms with Gasteiger partial charge in [-0.15, -0.1) is 0 Å². The molecule has 5 heteroatoms. The summed E-state index contributed by atoms with van der Waals surface area (Å²) in [4.78, 5) is 13.9. The van der Waals surface area contributed by atoms with E-state index in [1.54, 1.807) is 11.0 Å². The van der Waals surface area contributed by atoms with Crippen LogP contribution in [0.4, 0.5) is 0 Å².